The molecule has 1 aliphatic heterocycles. The number of anilines is 1. The van der Waals surface area contributed by atoms with Crippen LogP contribution in [-0.2, 0) is 6.54 Å². The van der Waals surface area contributed by atoms with E-state index in [9.17, 15) is 20.0 Å². The molecule has 0 saturated carbocycles. The van der Waals surface area contributed by atoms with Crippen molar-refractivity contribution in [2.75, 3.05) is 37.7 Å². The number of fused-ring (bicyclic) bond motifs is 2. The molecular weight excluding hydrogens is 626 g/mol. The number of pyridine rings is 2. The number of benzene rings is 1. The number of rotatable bonds is 7. The first-order chi connectivity index (χ1) is 22.0. The second-order valence-corrected chi connectivity index (χ2v) is 13.4. The van der Waals surface area contributed by atoms with Crippen molar-refractivity contribution in [1.82, 2.24) is 24.4 Å². The van der Waals surface area contributed by atoms with E-state index < -0.39 is 5.97 Å². The predicted molar refractivity (Wildman–Crippen MR) is 179 cm³/mol. The molecule has 1 aromatic carbocycles. The maximum absolute atomic E-state index is 13.9. The van der Waals surface area contributed by atoms with Gasteiger partial charge in [0.15, 0.2) is 0 Å². The van der Waals surface area contributed by atoms with Crippen molar-refractivity contribution in [3.05, 3.63) is 74.4 Å². The van der Waals surface area contributed by atoms with Crippen LogP contribution in [0.2, 0.25) is 5.02 Å². The summed E-state index contributed by atoms with van der Waals surface area (Å²) in [6, 6.07) is 9.25. The summed E-state index contributed by atoms with van der Waals surface area (Å²) in [4.78, 5) is 43.6. The number of aromatic nitrogens is 4. The minimum absolute atomic E-state index is 0.0450. The zero-order chi connectivity index (χ0) is 32.7. The average Bonchev–Trinajstić information content (AvgIpc) is 3.47. The van der Waals surface area contributed by atoms with Crippen LogP contribution in [0.3, 0.4) is 0 Å². The van der Waals surface area contributed by atoms with E-state index in [0.717, 1.165) is 18.7 Å². The minimum atomic E-state index is -1.05. The van der Waals surface area contributed by atoms with Gasteiger partial charge in [-0.25, -0.2) is 14.8 Å². The molecule has 0 amide bonds. The van der Waals surface area contributed by atoms with Crippen molar-refractivity contribution < 1.29 is 14.6 Å². The van der Waals surface area contributed by atoms with Crippen LogP contribution in [0.1, 0.15) is 42.5 Å². The van der Waals surface area contributed by atoms with Crippen molar-refractivity contribution in [2.45, 2.75) is 39.8 Å². The Morgan fingerprint density at radius 3 is 2.61 bits per heavy atom. The van der Waals surface area contributed by atoms with E-state index in [1.807, 2.05) is 0 Å². The molecule has 1 N–H and O–H groups in total. The third-order valence-electron chi connectivity index (χ3n) is 8.30. The van der Waals surface area contributed by atoms with Crippen LogP contribution in [0.25, 0.3) is 32.2 Å². The van der Waals surface area contributed by atoms with Crippen LogP contribution >= 0.6 is 22.9 Å². The summed E-state index contributed by atoms with van der Waals surface area (Å²) >= 11 is 7.66. The third kappa shape index (κ3) is 5.77. The Morgan fingerprint density at radius 1 is 1.15 bits per heavy atom. The number of hydrogen-bond acceptors (Lipinski definition) is 10. The van der Waals surface area contributed by atoms with Gasteiger partial charge in [-0.1, -0.05) is 11.6 Å². The quantitative estimate of drug-likeness (QED) is 0.235. The zero-order valence-electron chi connectivity index (χ0n) is 25.9. The molecule has 46 heavy (non-hydrogen) atoms. The van der Waals surface area contributed by atoms with Gasteiger partial charge in [-0.15, -0.1) is 11.3 Å². The first-order valence-electron chi connectivity index (χ1n) is 14.8. The molecule has 1 saturated heterocycles. The number of carbonyl (C=O) groups is 1. The standard InChI is InChI=1S/C33H32ClN7O4S/c1-19-38-25-17-37-30(39-9-11-40(12-10-39)33(2,3)4)23(16-35)27(25)31(42)41(19)13-14-45-26-6-5-20(34)15-22(26)21-7-8-36-28-24(32(43)44)18-46-29(21)28/h5-8,15,17-18H,9-14H2,1-4H3,(H,43,44). The first kappa shape index (κ1) is 31.4. The van der Waals surface area contributed by atoms with Crippen LogP contribution in [0.5, 0.6) is 5.75 Å². The van der Waals surface area contributed by atoms with E-state index in [-0.39, 0.29) is 40.8 Å². The lowest BCUT2D eigenvalue weighted by atomic mass is 10.0. The molecule has 11 nitrogen and oxygen atoms in total. The smallest absolute Gasteiger partial charge is 0.338 e. The number of piperazine rings is 1. The number of carboxylic acids is 1. The fourth-order valence-electron chi connectivity index (χ4n) is 5.89. The summed E-state index contributed by atoms with van der Waals surface area (Å²) in [5.74, 6) is 0.447. The van der Waals surface area contributed by atoms with E-state index in [4.69, 9.17) is 16.3 Å². The van der Waals surface area contributed by atoms with Crippen molar-refractivity contribution in [3.63, 3.8) is 0 Å². The molecule has 0 atom stereocenters. The van der Waals surface area contributed by atoms with Crippen LogP contribution in [0.15, 0.2) is 46.8 Å². The van der Waals surface area contributed by atoms with Gasteiger partial charge in [0.2, 0.25) is 0 Å². The molecule has 0 radical (unpaired) electrons. The Balaban J connectivity index is 1.29. The summed E-state index contributed by atoms with van der Waals surface area (Å²) in [5, 5.41) is 22.1. The lowest BCUT2D eigenvalue weighted by Crippen LogP contribution is -2.53. The van der Waals surface area contributed by atoms with Gasteiger partial charge in [0, 0.05) is 59.4 Å². The molecule has 0 bridgehead atoms. The lowest BCUT2D eigenvalue weighted by molar-refractivity contribution is 0.0699. The molecule has 4 aromatic heterocycles. The number of halogens is 1. The van der Waals surface area contributed by atoms with Crippen molar-refractivity contribution in [2.24, 2.45) is 0 Å². The minimum Gasteiger partial charge on any atom is -0.491 e. The average molecular weight is 658 g/mol. The number of aryl methyl sites for hydroxylation is 1. The highest BCUT2D eigenvalue weighted by Crippen LogP contribution is 2.39. The Morgan fingerprint density at radius 2 is 1.91 bits per heavy atom. The van der Waals surface area contributed by atoms with E-state index in [1.54, 1.807) is 49.0 Å². The number of nitrogens with zero attached hydrogens (tertiary/aromatic N) is 7. The number of thiophene rings is 1. The van der Waals surface area contributed by atoms with Crippen LogP contribution in [0, 0.1) is 18.3 Å². The van der Waals surface area contributed by atoms with Crippen molar-refractivity contribution >= 4 is 55.8 Å². The highest BCUT2D eigenvalue weighted by molar-refractivity contribution is 7.18. The van der Waals surface area contributed by atoms with E-state index >= 15 is 0 Å². The topological polar surface area (TPSA) is 137 Å². The SMILES string of the molecule is Cc1nc2cnc(N3CCN(C(C)(C)C)CC3)c(C#N)c2c(=O)n1CCOc1ccc(Cl)cc1-c1ccnc2c(C(=O)O)csc12. The summed E-state index contributed by atoms with van der Waals surface area (Å²) < 4.78 is 8.44. The Labute approximate surface area is 274 Å². The highest BCUT2D eigenvalue weighted by atomic mass is 35.5. The molecule has 5 heterocycles. The fraction of sp³-hybridized carbons (Fsp3) is 0.333. The van der Waals surface area contributed by atoms with Crippen molar-refractivity contribution in [3.8, 4) is 22.9 Å². The number of hydrogen-bond donors (Lipinski definition) is 1. The Kier molecular flexibility index (Phi) is 8.41. The molecule has 1 fully saturated rings. The molecular formula is C33H32ClN7O4S. The molecule has 0 aliphatic carbocycles. The van der Waals surface area contributed by atoms with Crippen LogP contribution < -0.4 is 15.2 Å². The number of aromatic carboxylic acids is 1. The third-order valence-corrected chi connectivity index (χ3v) is 9.54. The Bertz CT molecular complexity index is 2090. The molecule has 5 aromatic rings. The summed E-state index contributed by atoms with van der Waals surface area (Å²) in [6.45, 7) is 11.6. The van der Waals surface area contributed by atoms with Gasteiger partial charge in [0.05, 0.1) is 39.4 Å². The number of nitriles is 1. The van der Waals surface area contributed by atoms with Gasteiger partial charge < -0.3 is 14.7 Å². The summed E-state index contributed by atoms with van der Waals surface area (Å²) in [5.41, 5.74) is 2.26. The van der Waals surface area contributed by atoms with Gasteiger partial charge >= 0.3 is 5.97 Å². The largest absolute Gasteiger partial charge is 0.491 e. The Hall–Kier alpha value is -4.57. The van der Waals surface area contributed by atoms with Gasteiger partial charge in [0.25, 0.3) is 5.56 Å². The maximum atomic E-state index is 13.9. The normalized spacial score (nSPS) is 14.1. The maximum Gasteiger partial charge on any atom is 0.338 e. The second-order valence-electron chi connectivity index (χ2n) is 12.1. The molecule has 1 aliphatic rings. The molecule has 13 heteroatoms. The predicted octanol–water partition coefficient (Wildman–Crippen LogP) is 5.60. The monoisotopic (exact) mass is 657 g/mol. The van der Waals surface area contributed by atoms with E-state index in [0.29, 0.717) is 56.8 Å². The zero-order valence-corrected chi connectivity index (χ0v) is 27.4. The number of ether oxygens (including phenoxy) is 1. The molecule has 0 unspecified atom stereocenters. The lowest BCUT2D eigenvalue weighted by Gasteiger charge is -2.42. The van der Waals surface area contributed by atoms with Gasteiger partial charge in [0.1, 0.15) is 35.6 Å². The van der Waals surface area contributed by atoms with E-state index in [2.05, 4.69) is 51.6 Å². The molecule has 6 rings (SSSR count). The summed E-state index contributed by atoms with van der Waals surface area (Å²) in [6.07, 6.45) is 3.14. The first-order valence-corrected chi connectivity index (χ1v) is 16.1. The van der Waals surface area contributed by atoms with Gasteiger partial charge in [-0.3, -0.25) is 19.2 Å². The highest BCUT2D eigenvalue weighted by Gasteiger charge is 2.28. The molecule has 0 spiro atoms. The summed E-state index contributed by atoms with van der Waals surface area (Å²) in [7, 11) is 0. The van der Waals surface area contributed by atoms with Gasteiger partial charge in [-0.2, -0.15) is 5.26 Å². The molecule has 236 valence electrons. The van der Waals surface area contributed by atoms with E-state index in [1.165, 1.54) is 15.9 Å². The van der Waals surface area contributed by atoms with Crippen molar-refractivity contribution in [1.29, 1.82) is 5.26 Å². The van der Waals surface area contributed by atoms with Gasteiger partial charge in [-0.05, 0) is 52.0 Å². The number of carboxylic acid groups (broad SMARTS) is 1. The van der Waals surface area contributed by atoms with Crippen LogP contribution in [0.4, 0.5) is 5.82 Å². The van der Waals surface area contributed by atoms with Crippen LogP contribution in [-0.4, -0.2) is 73.8 Å². The second kappa shape index (κ2) is 12.3. The fourth-order valence-corrected chi connectivity index (χ4v) is 7.09.